The van der Waals surface area contributed by atoms with E-state index in [4.69, 9.17) is 9.72 Å². The van der Waals surface area contributed by atoms with E-state index < -0.39 is 0 Å². The third-order valence-corrected chi connectivity index (χ3v) is 8.44. The highest BCUT2D eigenvalue weighted by Crippen LogP contribution is 2.23. The summed E-state index contributed by atoms with van der Waals surface area (Å²) in [5, 5.41) is 18.2. The molecule has 1 aromatic rings. The number of ether oxygens (including phenoxy) is 1. The molecule has 8 nitrogen and oxygen atoms in total. The zero-order chi connectivity index (χ0) is 24.3. The zero-order valence-electron chi connectivity index (χ0n) is 21.2. The van der Waals surface area contributed by atoms with Gasteiger partial charge in [0, 0.05) is 68.9 Å². The molecule has 4 atom stereocenters. The molecule has 0 spiro atoms. The van der Waals surface area contributed by atoms with Gasteiger partial charge in [-0.25, -0.2) is 0 Å². The lowest BCUT2D eigenvalue weighted by atomic mass is 9.89. The molecule has 1 aliphatic heterocycles. The van der Waals surface area contributed by atoms with Crippen molar-refractivity contribution in [2.24, 2.45) is 0 Å². The SMILES string of the molecule is COCCNC(=O)CSc1cc2nc(c1)CN[C@@H]1CCCC[C@H]1NCCN[C@@H]1CCCC[C@H]1NC2. The van der Waals surface area contributed by atoms with Gasteiger partial charge in [0.05, 0.1) is 23.7 Å². The normalized spacial score (nSPS) is 28.1. The third-order valence-electron chi connectivity index (χ3n) is 7.46. The second kappa shape index (κ2) is 14.5. The number of carbonyl (C=O) groups is 1. The average Bonchev–Trinajstić information content (AvgIpc) is 2.88. The van der Waals surface area contributed by atoms with Crippen LogP contribution in [0.1, 0.15) is 62.8 Å². The number of hydrogen-bond donors (Lipinski definition) is 5. The van der Waals surface area contributed by atoms with Gasteiger partial charge < -0.3 is 31.3 Å². The van der Waals surface area contributed by atoms with E-state index in [1.807, 2.05) is 0 Å². The molecule has 2 aliphatic carbocycles. The van der Waals surface area contributed by atoms with Crippen molar-refractivity contribution in [1.82, 2.24) is 31.6 Å². The summed E-state index contributed by atoms with van der Waals surface area (Å²) in [5.41, 5.74) is 2.12. The highest BCUT2D eigenvalue weighted by atomic mass is 32.2. The van der Waals surface area contributed by atoms with E-state index in [0.29, 0.717) is 43.1 Å². The van der Waals surface area contributed by atoms with Gasteiger partial charge in [-0.15, -0.1) is 11.8 Å². The van der Waals surface area contributed by atoms with Crippen molar-refractivity contribution in [3.63, 3.8) is 0 Å². The number of methoxy groups -OCH3 is 1. The Labute approximate surface area is 214 Å². The molecule has 196 valence electrons. The lowest BCUT2D eigenvalue weighted by Gasteiger charge is -2.34. The number of fused-ring (bicyclic) bond motifs is 4. The van der Waals surface area contributed by atoms with Crippen molar-refractivity contribution in [1.29, 1.82) is 0 Å². The zero-order valence-corrected chi connectivity index (χ0v) is 22.1. The predicted molar refractivity (Wildman–Crippen MR) is 142 cm³/mol. The molecule has 5 N–H and O–H groups in total. The first-order valence-corrected chi connectivity index (χ1v) is 14.5. The molecule has 1 amide bonds. The summed E-state index contributed by atoms with van der Waals surface area (Å²) in [6.45, 7) is 4.63. The predicted octanol–water partition coefficient (Wildman–Crippen LogP) is 1.93. The fourth-order valence-electron chi connectivity index (χ4n) is 5.60. The Balaban J connectivity index is 1.47. The number of rotatable bonds is 6. The van der Waals surface area contributed by atoms with Gasteiger partial charge in [-0.3, -0.25) is 9.78 Å². The Hall–Kier alpha value is -1.23. The largest absolute Gasteiger partial charge is 0.383 e. The fraction of sp³-hybridized carbons (Fsp3) is 0.769. The van der Waals surface area contributed by atoms with Crippen LogP contribution in [-0.2, 0) is 22.6 Å². The van der Waals surface area contributed by atoms with Crippen LogP contribution < -0.4 is 26.6 Å². The summed E-state index contributed by atoms with van der Waals surface area (Å²) < 4.78 is 5.02. The van der Waals surface area contributed by atoms with Crippen LogP contribution in [0.15, 0.2) is 17.0 Å². The Morgan fingerprint density at radius 2 is 1.43 bits per heavy atom. The van der Waals surface area contributed by atoms with Crippen LogP contribution in [0.3, 0.4) is 0 Å². The number of aromatic nitrogens is 1. The van der Waals surface area contributed by atoms with Crippen LogP contribution in [-0.4, -0.2) is 74.2 Å². The summed E-state index contributed by atoms with van der Waals surface area (Å²) in [6, 6.07) is 6.29. The summed E-state index contributed by atoms with van der Waals surface area (Å²) in [4.78, 5) is 18.3. The summed E-state index contributed by atoms with van der Waals surface area (Å²) in [6.07, 6.45) is 10.1. The molecule has 1 aromatic heterocycles. The first-order valence-electron chi connectivity index (χ1n) is 13.5. The number of carbonyl (C=O) groups excluding carboxylic acids is 1. The lowest BCUT2D eigenvalue weighted by molar-refractivity contribution is -0.118. The van der Waals surface area contributed by atoms with Gasteiger partial charge in [0.2, 0.25) is 5.91 Å². The standard InChI is InChI=1S/C26H44N6O2S/c1-34-13-12-29-26(33)18-35-21-14-19-16-30-24-8-4-2-6-22(24)27-10-11-28-23-7-3-5-9-25(23)31-17-20(15-21)32-19/h14-15,22-25,27-28,30-31H,2-13,16-18H2,1H3,(H,29,33)/t22-,23-,24-,25-/m1/s1. The minimum atomic E-state index is 0.0360. The molecule has 4 rings (SSSR count). The molecule has 2 fully saturated rings. The van der Waals surface area contributed by atoms with E-state index >= 15 is 0 Å². The second-order valence-electron chi connectivity index (χ2n) is 10.1. The lowest BCUT2D eigenvalue weighted by Crippen LogP contribution is -2.53. The van der Waals surface area contributed by atoms with Crippen LogP contribution in [0.25, 0.3) is 0 Å². The monoisotopic (exact) mass is 504 g/mol. The van der Waals surface area contributed by atoms with Crippen molar-refractivity contribution in [2.45, 2.75) is 93.5 Å². The molecule has 35 heavy (non-hydrogen) atoms. The Kier molecular flexibility index (Phi) is 11.1. The van der Waals surface area contributed by atoms with Crippen molar-refractivity contribution >= 4 is 17.7 Å². The molecule has 0 unspecified atom stereocenters. The van der Waals surface area contributed by atoms with Gasteiger partial charge >= 0.3 is 0 Å². The maximum Gasteiger partial charge on any atom is 0.230 e. The molecule has 0 saturated heterocycles. The van der Waals surface area contributed by atoms with Gasteiger partial charge in [0.1, 0.15) is 0 Å². The molecule has 0 radical (unpaired) electrons. The minimum Gasteiger partial charge on any atom is -0.383 e. The van der Waals surface area contributed by atoms with Crippen LogP contribution in [0.2, 0.25) is 0 Å². The molecular weight excluding hydrogens is 460 g/mol. The maximum atomic E-state index is 12.2. The van der Waals surface area contributed by atoms with Crippen molar-refractivity contribution in [2.75, 3.05) is 39.1 Å². The average molecular weight is 505 g/mol. The van der Waals surface area contributed by atoms with Gasteiger partial charge in [-0.1, -0.05) is 25.7 Å². The highest BCUT2D eigenvalue weighted by molar-refractivity contribution is 8.00. The van der Waals surface area contributed by atoms with Crippen LogP contribution in [0, 0.1) is 0 Å². The molecule has 2 heterocycles. The van der Waals surface area contributed by atoms with E-state index in [0.717, 1.165) is 42.5 Å². The van der Waals surface area contributed by atoms with Crippen molar-refractivity contribution in [3.8, 4) is 0 Å². The molecule has 9 heteroatoms. The Morgan fingerprint density at radius 1 is 0.914 bits per heavy atom. The van der Waals surface area contributed by atoms with Crippen LogP contribution >= 0.6 is 11.8 Å². The first-order chi connectivity index (χ1) is 17.2. The first kappa shape index (κ1) is 26.8. The maximum absolute atomic E-state index is 12.2. The third kappa shape index (κ3) is 8.68. The quantitative estimate of drug-likeness (QED) is 0.296. The number of thioether (sulfide) groups is 1. The topological polar surface area (TPSA) is 99.3 Å². The van der Waals surface area contributed by atoms with E-state index in [-0.39, 0.29) is 5.91 Å². The fourth-order valence-corrected chi connectivity index (χ4v) is 6.44. The molecule has 2 bridgehead atoms. The van der Waals surface area contributed by atoms with Gasteiger partial charge in [-0.05, 0) is 37.8 Å². The number of nitrogens with zero attached hydrogens (tertiary/aromatic N) is 1. The number of amides is 1. The Bertz CT molecular complexity index is 749. The Morgan fingerprint density at radius 3 is 1.94 bits per heavy atom. The van der Waals surface area contributed by atoms with E-state index in [1.54, 1.807) is 18.9 Å². The number of hydrogen-bond acceptors (Lipinski definition) is 8. The van der Waals surface area contributed by atoms with Crippen molar-refractivity contribution < 1.29 is 9.53 Å². The molecule has 0 aromatic carbocycles. The second-order valence-corrected chi connectivity index (χ2v) is 11.1. The van der Waals surface area contributed by atoms with Crippen molar-refractivity contribution in [3.05, 3.63) is 23.5 Å². The van der Waals surface area contributed by atoms with E-state index in [2.05, 4.69) is 38.7 Å². The van der Waals surface area contributed by atoms with E-state index in [9.17, 15) is 4.79 Å². The van der Waals surface area contributed by atoms with Gasteiger partial charge in [0.25, 0.3) is 0 Å². The molecular formula is C26H44N6O2S. The minimum absolute atomic E-state index is 0.0360. The van der Waals surface area contributed by atoms with Crippen LogP contribution in [0.4, 0.5) is 0 Å². The van der Waals surface area contributed by atoms with E-state index in [1.165, 1.54) is 51.4 Å². The summed E-state index contributed by atoms with van der Waals surface area (Å²) in [7, 11) is 1.64. The molecule has 3 aliphatic rings. The van der Waals surface area contributed by atoms with Gasteiger partial charge in [-0.2, -0.15) is 0 Å². The van der Waals surface area contributed by atoms with Crippen LogP contribution in [0.5, 0.6) is 0 Å². The van der Waals surface area contributed by atoms with Gasteiger partial charge in [0.15, 0.2) is 0 Å². The smallest absolute Gasteiger partial charge is 0.230 e. The number of pyridine rings is 1. The summed E-state index contributed by atoms with van der Waals surface area (Å²) in [5.74, 6) is 0.435. The number of nitrogens with one attached hydrogen (secondary N) is 5. The summed E-state index contributed by atoms with van der Waals surface area (Å²) >= 11 is 1.58. The highest BCUT2D eigenvalue weighted by Gasteiger charge is 2.27. The molecule has 2 saturated carbocycles.